The van der Waals surface area contributed by atoms with Gasteiger partial charge in [0.15, 0.2) is 0 Å². The Kier molecular flexibility index (Phi) is 12.0. The second-order valence-corrected chi connectivity index (χ2v) is 16.1. The summed E-state index contributed by atoms with van der Waals surface area (Å²) in [5, 5.41) is 3.06. The summed E-state index contributed by atoms with van der Waals surface area (Å²) in [6, 6.07) is 38.3. The number of hydrogen-bond donors (Lipinski definition) is 1. The molecule has 8 nitrogen and oxygen atoms in total. The zero-order valence-corrected chi connectivity index (χ0v) is 31.5. The molecule has 0 fully saturated rings. The molecule has 0 saturated heterocycles. The SMILES string of the molecule is Cc1ccc(S(=O)(=O)N(CC(=O)N(Cc2cccc(Br)c2)[C@H](Cc2ccccc2)C(=O)NC(C)(C)C)c2ccc(Oc3ccccc3)cc2)cc1. The molecule has 0 bridgehead atoms. The number of carbonyl (C=O) groups excluding carboxylic acids is 2. The van der Waals surface area contributed by atoms with E-state index in [-0.39, 0.29) is 29.5 Å². The summed E-state index contributed by atoms with van der Waals surface area (Å²) in [6.45, 7) is 7.02. The second-order valence-electron chi connectivity index (χ2n) is 13.3. The van der Waals surface area contributed by atoms with Crippen LogP contribution in [0.5, 0.6) is 11.5 Å². The molecule has 1 atom stereocenters. The maximum atomic E-state index is 14.8. The highest BCUT2D eigenvalue weighted by molar-refractivity contribution is 9.10. The van der Waals surface area contributed by atoms with E-state index in [1.165, 1.54) is 17.0 Å². The van der Waals surface area contributed by atoms with Gasteiger partial charge in [0.05, 0.1) is 10.6 Å². The summed E-state index contributed by atoms with van der Waals surface area (Å²) in [4.78, 5) is 30.4. The molecular weight excluding hydrogens is 726 g/mol. The van der Waals surface area contributed by atoms with Crippen molar-refractivity contribution in [1.82, 2.24) is 10.2 Å². The van der Waals surface area contributed by atoms with Crippen LogP contribution in [0.25, 0.3) is 0 Å². The van der Waals surface area contributed by atoms with E-state index in [2.05, 4.69) is 21.2 Å². The van der Waals surface area contributed by atoms with E-state index >= 15 is 0 Å². The molecule has 5 rings (SSSR count). The first-order valence-corrected chi connectivity index (χ1v) is 18.8. The van der Waals surface area contributed by atoms with Crippen molar-refractivity contribution in [3.05, 3.63) is 155 Å². The molecule has 0 unspecified atom stereocenters. The predicted octanol–water partition coefficient (Wildman–Crippen LogP) is 8.30. The van der Waals surface area contributed by atoms with Crippen molar-refractivity contribution in [1.29, 1.82) is 0 Å². The molecular formula is C41H42BrN3O5S. The van der Waals surface area contributed by atoms with Gasteiger partial charge in [-0.2, -0.15) is 0 Å². The molecule has 0 radical (unpaired) electrons. The number of halogens is 1. The minimum Gasteiger partial charge on any atom is -0.457 e. The Morgan fingerprint density at radius 1 is 0.765 bits per heavy atom. The second kappa shape index (κ2) is 16.4. The van der Waals surface area contributed by atoms with E-state index in [9.17, 15) is 18.0 Å². The molecule has 0 spiro atoms. The van der Waals surface area contributed by atoms with Crippen molar-refractivity contribution >= 4 is 43.5 Å². The van der Waals surface area contributed by atoms with Gasteiger partial charge in [-0.3, -0.25) is 13.9 Å². The minimum atomic E-state index is -4.25. The van der Waals surface area contributed by atoms with Crippen LogP contribution >= 0.6 is 15.9 Å². The molecule has 264 valence electrons. The molecule has 51 heavy (non-hydrogen) atoms. The van der Waals surface area contributed by atoms with Gasteiger partial charge in [0.2, 0.25) is 11.8 Å². The van der Waals surface area contributed by atoms with Gasteiger partial charge in [-0.15, -0.1) is 0 Å². The highest BCUT2D eigenvalue weighted by Gasteiger charge is 2.35. The molecule has 2 amide bonds. The van der Waals surface area contributed by atoms with Crippen LogP contribution in [0.4, 0.5) is 5.69 Å². The van der Waals surface area contributed by atoms with Gasteiger partial charge in [0.25, 0.3) is 10.0 Å². The average Bonchev–Trinajstić information content (AvgIpc) is 3.09. The highest BCUT2D eigenvalue weighted by atomic mass is 79.9. The standard InChI is InChI=1S/C41H42BrN3O5S/c1-30-18-24-37(25-19-30)51(48,49)45(34-20-22-36(23-21-34)50-35-16-9-6-10-17-35)29-39(46)44(28-32-14-11-15-33(42)26-32)38(40(47)43-41(2,3)4)27-31-12-7-5-8-13-31/h5-26,38H,27-29H2,1-4H3,(H,43,47)/t38-/m1/s1. The summed E-state index contributed by atoms with van der Waals surface area (Å²) in [5.74, 6) is 0.248. The first kappa shape index (κ1) is 37.3. The number of hydrogen-bond acceptors (Lipinski definition) is 5. The first-order chi connectivity index (χ1) is 24.3. The van der Waals surface area contributed by atoms with Crippen LogP contribution in [0.1, 0.15) is 37.5 Å². The quantitative estimate of drug-likeness (QED) is 0.130. The molecule has 0 aliphatic rings. The van der Waals surface area contributed by atoms with E-state index in [4.69, 9.17) is 4.74 Å². The number of ether oxygens (including phenoxy) is 1. The van der Waals surface area contributed by atoms with Crippen LogP contribution < -0.4 is 14.4 Å². The third kappa shape index (κ3) is 10.3. The molecule has 5 aromatic rings. The number of aryl methyl sites for hydroxylation is 1. The van der Waals surface area contributed by atoms with Gasteiger partial charge in [-0.1, -0.05) is 94.3 Å². The molecule has 1 N–H and O–H groups in total. The lowest BCUT2D eigenvalue weighted by atomic mass is 10.0. The van der Waals surface area contributed by atoms with Crippen molar-refractivity contribution in [3.8, 4) is 11.5 Å². The fourth-order valence-corrected chi connectivity index (χ4v) is 7.37. The van der Waals surface area contributed by atoms with Crippen LogP contribution in [-0.4, -0.2) is 43.3 Å². The number of amides is 2. The number of sulfonamides is 1. The summed E-state index contributed by atoms with van der Waals surface area (Å²) in [5.41, 5.74) is 2.21. The van der Waals surface area contributed by atoms with Crippen LogP contribution in [0.3, 0.4) is 0 Å². The molecule has 0 aliphatic heterocycles. The van der Waals surface area contributed by atoms with Crippen molar-refractivity contribution in [2.24, 2.45) is 0 Å². The summed E-state index contributed by atoms with van der Waals surface area (Å²) >= 11 is 3.52. The Morgan fingerprint density at radius 2 is 1.35 bits per heavy atom. The van der Waals surface area contributed by atoms with E-state index in [1.807, 2.05) is 113 Å². The van der Waals surface area contributed by atoms with Crippen LogP contribution in [0.2, 0.25) is 0 Å². The monoisotopic (exact) mass is 767 g/mol. The van der Waals surface area contributed by atoms with Gasteiger partial charge < -0.3 is 15.0 Å². The lowest BCUT2D eigenvalue weighted by Gasteiger charge is -2.35. The lowest BCUT2D eigenvalue weighted by Crippen LogP contribution is -2.56. The van der Waals surface area contributed by atoms with E-state index in [1.54, 1.807) is 36.4 Å². The zero-order chi connectivity index (χ0) is 36.6. The third-order valence-electron chi connectivity index (χ3n) is 8.00. The molecule has 0 aliphatic carbocycles. The van der Waals surface area contributed by atoms with Crippen LogP contribution in [-0.2, 0) is 32.6 Å². The Balaban J connectivity index is 1.57. The maximum Gasteiger partial charge on any atom is 0.264 e. The van der Waals surface area contributed by atoms with E-state index in [0.717, 1.165) is 25.5 Å². The van der Waals surface area contributed by atoms with Gasteiger partial charge in [-0.05, 0) is 99.5 Å². The van der Waals surface area contributed by atoms with Gasteiger partial charge in [-0.25, -0.2) is 8.42 Å². The Morgan fingerprint density at radius 3 is 1.96 bits per heavy atom. The number of rotatable bonds is 13. The number of benzene rings is 5. The molecule has 10 heteroatoms. The highest BCUT2D eigenvalue weighted by Crippen LogP contribution is 2.29. The molecule has 0 saturated carbocycles. The number of para-hydroxylation sites is 1. The topological polar surface area (TPSA) is 96.0 Å². The smallest absolute Gasteiger partial charge is 0.264 e. The van der Waals surface area contributed by atoms with Crippen LogP contribution in [0, 0.1) is 6.92 Å². The number of nitrogens with one attached hydrogen (secondary N) is 1. The number of nitrogens with zero attached hydrogens (tertiary/aromatic N) is 2. The van der Waals surface area contributed by atoms with Crippen molar-refractivity contribution < 1.29 is 22.7 Å². The molecule has 0 aromatic heterocycles. The normalized spacial score (nSPS) is 12.1. The van der Waals surface area contributed by atoms with Gasteiger partial charge in [0, 0.05) is 23.0 Å². The van der Waals surface area contributed by atoms with E-state index in [0.29, 0.717) is 11.5 Å². The van der Waals surface area contributed by atoms with Crippen molar-refractivity contribution in [2.75, 3.05) is 10.8 Å². The summed E-state index contributed by atoms with van der Waals surface area (Å²) in [7, 11) is -4.25. The molecule has 5 aromatic carbocycles. The van der Waals surface area contributed by atoms with Crippen molar-refractivity contribution in [2.45, 2.75) is 57.1 Å². The summed E-state index contributed by atoms with van der Waals surface area (Å²) in [6.07, 6.45) is 0.221. The van der Waals surface area contributed by atoms with Crippen LogP contribution in [0.15, 0.2) is 143 Å². The number of carbonyl (C=O) groups is 2. The Hall–Kier alpha value is -4.93. The maximum absolute atomic E-state index is 14.8. The average molecular weight is 769 g/mol. The fourth-order valence-electron chi connectivity index (χ4n) is 5.51. The fraction of sp³-hybridized carbons (Fsp3) is 0.220. The third-order valence-corrected chi connectivity index (χ3v) is 10.3. The Labute approximate surface area is 309 Å². The first-order valence-electron chi connectivity index (χ1n) is 16.6. The molecule has 0 heterocycles. The van der Waals surface area contributed by atoms with Crippen molar-refractivity contribution in [3.63, 3.8) is 0 Å². The van der Waals surface area contributed by atoms with Gasteiger partial charge in [0.1, 0.15) is 24.1 Å². The largest absolute Gasteiger partial charge is 0.457 e. The van der Waals surface area contributed by atoms with E-state index < -0.39 is 34.1 Å². The zero-order valence-electron chi connectivity index (χ0n) is 29.1. The minimum absolute atomic E-state index is 0.0374. The number of anilines is 1. The Bertz CT molecular complexity index is 2030. The van der Waals surface area contributed by atoms with Gasteiger partial charge >= 0.3 is 0 Å². The summed E-state index contributed by atoms with van der Waals surface area (Å²) < 4.78 is 36.7. The predicted molar refractivity (Wildman–Crippen MR) is 205 cm³/mol. The lowest BCUT2D eigenvalue weighted by molar-refractivity contribution is -0.140.